The van der Waals surface area contributed by atoms with Gasteiger partial charge < -0.3 is 4.90 Å². The van der Waals surface area contributed by atoms with Gasteiger partial charge in [-0.15, -0.1) is 0 Å². The second-order valence-electron chi connectivity index (χ2n) is 9.03. The number of hydrogen-bond acceptors (Lipinski definition) is 3. The van der Waals surface area contributed by atoms with E-state index in [9.17, 15) is 14.0 Å². The van der Waals surface area contributed by atoms with Gasteiger partial charge in [-0.3, -0.25) is 14.2 Å². The van der Waals surface area contributed by atoms with Gasteiger partial charge in [0.2, 0.25) is 5.91 Å². The fraction of sp³-hybridized carbons (Fsp3) is 0.444. The van der Waals surface area contributed by atoms with Gasteiger partial charge in [-0.05, 0) is 55.7 Å². The number of amides is 1. The molecule has 0 aliphatic carbocycles. The molecular formula is C27H34FN3O2. The smallest absolute Gasteiger partial charge is 0.266 e. The third-order valence-corrected chi connectivity index (χ3v) is 5.88. The molecule has 0 aliphatic heterocycles. The van der Waals surface area contributed by atoms with Crippen molar-refractivity contribution in [2.75, 3.05) is 6.54 Å². The van der Waals surface area contributed by atoms with E-state index < -0.39 is 6.04 Å². The molecule has 0 saturated heterocycles. The van der Waals surface area contributed by atoms with Crippen molar-refractivity contribution in [3.63, 3.8) is 0 Å². The molecule has 0 bridgehead atoms. The first kappa shape index (κ1) is 24.6. The summed E-state index contributed by atoms with van der Waals surface area (Å²) in [6.07, 6.45) is 4.62. The molecule has 0 saturated carbocycles. The molecule has 33 heavy (non-hydrogen) atoms. The van der Waals surface area contributed by atoms with Crippen molar-refractivity contribution < 1.29 is 9.18 Å². The summed E-state index contributed by atoms with van der Waals surface area (Å²) in [7, 11) is 0. The van der Waals surface area contributed by atoms with Crippen molar-refractivity contribution in [2.45, 2.75) is 65.8 Å². The minimum atomic E-state index is -0.416. The monoisotopic (exact) mass is 451 g/mol. The van der Waals surface area contributed by atoms with Crippen molar-refractivity contribution in [3.8, 4) is 5.69 Å². The third-order valence-electron chi connectivity index (χ3n) is 5.88. The van der Waals surface area contributed by atoms with E-state index in [4.69, 9.17) is 4.98 Å². The van der Waals surface area contributed by atoms with E-state index >= 15 is 0 Å². The fourth-order valence-electron chi connectivity index (χ4n) is 4.12. The molecule has 0 spiro atoms. The number of fused-ring (bicyclic) bond motifs is 1. The van der Waals surface area contributed by atoms with E-state index in [1.807, 2.05) is 37.8 Å². The molecular weight excluding hydrogens is 417 g/mol. The first-order valence-corrected chi connectivity index (χ1v) is 11.9. The molecule has 0 N–H and O–H groups in total. The SMILES string of the molecule is CCCCCCN(C(=O)CC(C)C)C(C)c1nc2ccccc2c(=O)n1-c1ccc(F)cc1. The van der Waals surface area contributed by atoms with Crippen LogP contribution >= 0.6 is 0 Å². The Labute approximate surface area is 195 Å². The van der Waals surface area contributed by atoms with E-state index in [0.717, 1.165) is 25.7 Å². The second-order valence-corrected chi connectivity index (χ2v) is 9.03. The van der Waals surface area contributed by atoms with Crippen molar-refractivity contribution in [3.05, 3.63) is 70.5 Å². The Balaban J connectivity index is 2.12. The number of carbonyl (C=O) groups is 1. The number of benzene rings is 2. The van der Waals surface area contributed by atoms with Crippen LogP contribution < -0.4 is 5.56 Å². The van der Waals surface area contributed by atoms with Gasteiger partial charge in [0.25, 0.3) is 5.56 Å². The van der Waals surface area contributed by atoms with Gasteiger partial charge >= 0.3 is 0 Å². The molecule has 1 unspecified atom stereocenters. The minimum absolute atomic E-state index is 0.0575. The number of carbonyl (C=O) groups excluding carboxylic acids is 1. The number of unbranched alkanes of at least 4 members (excludes halogenated alkanes) is 3. The molecule has 1 amide bonds. The highest BCUT2D eigenvalue weighted by atomic mass is 19.1. The summed E-state index contributed by atoms with van der Waals surface area (Å²) in [5.74, 6) is 0.395. The van der Waals surface area contributed by atoms with Crippen LogP contribution in [-0.2, 0) is 4.79 Å². The number of halogens is 1. The fourth-order valence-corrected chi connectivity index (χ4v) is 4.12. The lowest BCUT2D eigenvalue weighted by Gasteiger charge is -2.31. The molecule has 0 radical (unpaired) electrons. The zero-order valence-corrected chi connectivity index (χ0v) is 20.1. The van der Waals surface area contributed by atoms with Crippen LogP contribution in [0.15, 0.2) is 53.3 Å². The van der Waals surface area contributed by atoms with Crippen LogP contribution in [0.1, 0.15) is 71.7 Å². The molecule has 1 atom stereocenters. The Hall–Kier alpha value is -3.02. The first-order chi connectivity index (χ1) is 15.8. The Bertz CT molecular complexity index is 1140. The maximum Gasteiger partial charge on any atom is 0.266 e. The van der Waals surface area contributed by atoms with Gasteiger partial charge in [-0.1, -0.05) is 52.2 Å². The lowest BCUT2D eigenvalue weighted by Crippen LogP contribution is -2.38. The number of para-hydroxylation sites is 1. The van der Waals surface area contributed by atoms with Crippen molar-refractivity contribution in [2.24, 2.45) is 5.92 Å². The Morgan fingerprint density at radius 3 is 2.39 bits per heavy atom. The maximum absolute atomic E-state index is 13.6. The Kier molecular flexibility index (Phi) is 8.37. The van der Waals surface area contributed by atoms with Crippen LogP contribution in [0.4, 0.5) is 4.39 Å². The van der Waals surface area contributed by atoms with E-state index in [1.54, 1.807) is 24.3 Å². The van der Waals surface area contributed by atoms with Gasteiger partial charge in [0.15, 0.2) is 0 Å². The van der Waals surface area contributed by atoms with Gasteiger partial charge in [-0.25, -0.2) is 9.37 Å². The summed E-state index contributed by atoms with van der Waals surface area (Å²) >= 11 is 0. The quantitative estimate of drug-likeness (QED) is 0.353. The summed E-state index contributed by atoms with van der Waals surface area (Å²) < 4.78 is 15.1. The van der Waals surface area contributed by atoms with Crippen molar-refractivity contribution in [1.29, 1.82) is 0 Å². The average molecular weight is 452 g/mol. The summed E-state index contributed by atoms with van der Waals surface area (Å²) in [6, 6.07) is 12.6. The molecule has 0 fully saturated rings. The highest BCUT2D eigenvalue weighted by molar-refractivity contribution is 5.79. The number of nitrogens with zero attached hydrogens (tertiary/aromatic N) is 3. The van der Waals surface area contributed by atoms with Crippen LogP contribution in [0, 0.1) is 11.7 Å². The van der Waals surface area contributed by atoms with Gasteiger partial charge in [0, 0.05) is 13.0 Å². The first-order valence-electron chi connectivity index (χ1n) is 11.9. The zero-order chi connectivity index (χ0) is 24.0. The van der Waals surface area contributed by atoms with Crippen molar-refractivity contribution in [1.82, 2.24) is 14.5 Å². The van der Waals surface area contributed by atoms with E-state index in [1.165, 1.54) is 16.7 Å². The van der Waals surface area contributed by atoms with E-state index in [-0.39, 0.29) is 23.2 Å². The lowest BCUT2D eigenvalue weighted by molar-refractivity contribution is -0.134. The number of aromatic nitrogens is 2. The van der Waals surface area contributed by atoms with Crippen LogP contribution in [0.3, 0.4) is 0 Å². The van der Waals surface area contributed by atoms with E-state index in [0.29, 0.717) is 35.4 Å². The predicted molar refractivity (Wildman–Crippen MR) is 131 cm³/mol. The van der Waals surface area contributed by atoms with E-state index in [2.05, 4.69) is 6.92 Å². The van der Waals surface area contributed by atoms with Crippen LogP contribution in [0.2, 0.25) is 0 Å². The summed E-state index contributed by atoms with van der Waals surface area (Å²) in [5, 5.41) is 0.487. The van der Waals surface area contributed by atoms with Gasteiger partial charge in [0.1, 0.15) is 11.6 Å². The molecule has 176 valence electrons. The predicted octanol–water partition coefficient (Wildman–Crippen LogP) is 6.04. The molecule has 6 heteroatoms. The molecule has 2 aromatic carbocycles. The highest BCUT2D eigenvalue weighted by Crippen LogP contribution is 2.25. The molecule has 1 heterocycles. The number of hydrogen-bond donors (Lipinski definition) is 0. The maximum atomic E-state index is 13.6. The highest BCUT2D eigenvalue weighted by Gasteiger charge is 2.27. The topological polar surface area (TPSA) is 55.2 Å². The molecule has 3 aromatic rings. The largest absolute Gasteiger partial charge is 0.333 e. The molecule has 0 aliphatic rings. The Morgan fingerprint density at radius 1 is 1.03 bits per heavy atom. The summed E-state index contributed by atoms with van der Waals surface area (Å²) in [5.41, 5.74) is 0.894. The summed E-state index contributed by atoms with van der Waals surface area (Å²) in [4.78, 5) is 33.5. The minimum Gasteiger partial charge on any atom is -0.333 e. The molecule has 5 nitrogen and oxygen atoms in total. The van der Waals surface area contributed by atoms with Crippen LogP contribution in [0.25, 0.3) is 16.6 Å². The lowest BCUT2D eigenvalue weighted by atomic mass is 10.1. The summed E-state index contributed by atoms with van der Waals surface area (Å²) in [6.45, 7) is 8.75. The van der Waals surface area contributed by atoms with Crippen LogP contribution in [0.5, 0.6) is 0 Å². The third kappa shape index (κ3) is 5.86. The number of rotatable bonds is 10. The van der Waals surface area contributed by atoms with Crippen molar-refractivity contribution >= 4 is 16.8 Å². The van der Waals surface area contributed by atoms with Gasteiger partial charge in [-0.2, -0.15) is 0 Å². The standard InChI is InChI=1S/C27H34FN3O2/c1-5-6-7-10-17-30(25(32)18-19(2)3)20(4)26-29-24-12-9-8-11-23(24)27(33)31(26)22-15-13-21(28)14-16-22/h8-9,11-16,19-20H,5-7,10,17-18H2,1-4H3. The van der Waals surface area contributed by atoms with Crippen LogP contribution in [-0.4, -0.2) is 26.9 Å². The molecule has 3 rings (SSSR count). The average Bonchev–Trinajstić information content (AvgIpc) is 2.79. The van der Waals surface area contributed by atoms with Gasteiger partial charge in [0.05, 0.1) is 22.6 Å². The normalized spacial score (nSPS) is 12.3. The molecule has 1 aromatic heterocycles. The Morgan fingerprint density at radius 2 is 1.73 bits per heavy atom. The zero-order valence-electron chi connectivity index (χ0n) is 20.1. The second kappa shape index (κ2) is 11.2.